The summed E-state index contributed by atoms with van der Waals surface area (Å²) >= 11 is 18.9. The zero-order valence-corrected chi connectivity index (χ0v) is 14.4. The van der Waals surface area contributed by atoms with Crippen LogP contribution in [0, 0.1) is 0 Å². The number of rotatable bonds is 4. The van der Waals surface area contributed by atoms with Crippen LogP contribution in [-0.4, -0.2) is 26.0 Å². The molecule has 23 heavy (non-hydrogen) atoms. The molecule has 1 aliphatic carbocycles. The van der Waals surface area contributed by atoms with Crippen LogP contribution in [0.1, 0.15) is 41.6 Å². The van der Waals surface area contributed by atoms with Gasteiger partial charge in [-0.15, -0.1) is 10.2 Å². The van der Waals surface area contributed by atoms with Crippen LogP contribution in [0.4, 0.5) is 0 Å². The van der Waals surface area contributed by atoms with Crippen molar-refractivity contribution < 1.29 is 4.79 Å². The molecule has 0 unspecified atom stereocenters. The minimum absolute atomic E-state index is 0.135. The summed E-state index contributed by atoms with van der Waals surface area (Å²) in [6, 6.07) is 3.29. The standard InChI is InChI=1S/C15H13Cl3N4O/c16-12-4-2-1-3-9(12)15(23)10-5-6-13(17)11(14(10)18)7-22-20-8-19-21-22/h5-6,8H,1-4,7H2. The fraction of sp³-hybridized carbons (Fsp3) is 0.333. The molecule has 0 N–H and O–H groups in total. The molecule has 0 saturated carbocycles. The lowest BCUT2D eigenvalue weighted by molar-refractivity contribution is 0.102. The van der Waals surface area contributed by atoms with Crippen molar-refractivity contribution in [2.45, 2.75) is 32.2 Å². The summed E-state index contributed by atoms with van der Waals surface area (Å²) in [4.78, 5) is 14.1. The molecule has 5 nitrogen and oxygen atoms in total. The van der Waals surface area contributed by atoms with Gasteiger partial charge in [0.05, 0.1) is 11.6 Å². The second kappa shape index (κ2) is 6.99. The van der Waals surface area contributed by atoms with Crippen molar-refractivity contribution in [1.82, 2.24) is 20.2 Å². The Balaban J connectivity index is 1.99. The minimum atomic E-state index is -0.135. The molecule has 8 heteroatoms. The normalized spacial score (nSPS) is 15.1. The van der Waals surface area contributed by atoms with E-state index < -0.39 is 0 Å². The quantitative estimate of drug-likeness (QED) is 0.753. The van der Waals surface area contributed by atoms with Crippen LogP contribution in [0.15, 0.2) is 29.1 Å². The zero-order chi connectivity index (χ0) is 16.4. The number of carbonyl (C=O) groups is 1. The molecular formula is C15H13Cl3N4O. The van der Waals surface area contributed by atoms with Crippen LogP contribution in [0.25, 0.3) is 0 Å². The van der Waals surface area contributed by atoms with E-state index in [1.807, 2.05) is 0 Å². The molecule has 3 rings (SSSR count). The summed E-state index contributed by atoms with van der Waals surface area (Å²) in [5.41, 5.74) is 1.64. The van der Waals surface area contributed by atoms with Crippen LogP contribution in [0.2, 0.25) is 10.0 Å². The Kier molecular flexibility index (Phi) is 4.99. The largest absolute Gasteiger partial charge is 0.289 e. The second-order valence-corrected chi connectivity index (χ2v) is 6.51. The van der Waals surface area contributed by atoms with Crippen molar-refractivity contribution in [3.63, 3.8) is 0 Å². The molecule has 0 spiro atoms. The number of tetrazole rings is 1. The van der Waals surface area contributed by atoms with Gasteiger partial charge in [0.1, 0.15) is 0 Å². The lowest BCUT2D eigenvalue weighted by Crippen LogP contribution is -2.12. The molecule has 1 heterocycles. The number of aromatic nitrogens is 4. The van der Waals surface area contributed by atoms with Gasteiger partial charge in [-0.25, -0.2) is 0 Å². The van der Waals surface area contributed by atoms with Gasteiger partial charge >= 0.3 is 0 Å². The Hall–Kier alpha value is -1.43. The van der Waals surface area contributed by atoms with Gasteiger partial charge < -0.3 is 0 Å². The summed E-state index contributed by atoms with van der Waals surface area (Å²) < 4.78 is 0. The lowest BCUT2D eigenvalue weighted by atomic mass is 9.92. The smallest absolute Gasteiger partial charge is 0.191 e. The average Bonchev–Trinajstić information content (AvgIpc) is 3.04. The van der Waals surface area contributed by atoms with Gasteiger partial charge in [0.2, 0.25) is 0 Å². The highest BCUT2D eigenvalue weighted by Gasteiger charge is 2.23. The van der Waals surface area contributed by atoms with Gasteiger partial charge in [-0.05, 0) is 43.0 Å². The van der Waals surface area contributed by atoms with E-state index in [1.54, 1.807) is 12.1 Å². The van der Waals surface area contributed by atoms with Crippen LogP contribution in [0.5, 0.6) is 0 Å². The maximum absolute atomic E-state index is 12.8. The third-order valence-corrected chi connectivity index (χ3v) is 5.00. The van der Waals surface area contributed by atoms with E-state index in [4.69, 9.17) is 34.8 Å². The van der Waals surface area contributed by atoms with E-state index in [0.717, 1.165) is 19.3 Å². The summed E-state index contributed by atoms with van der Waals surface area (Å²) in [7, 11) is 0. The van der Waals surface area contributed by atoms with Gasteiger partial charge in [0.15, 0.2) is 12.1 Å². The zero-order valence-electron chi connectivity index (χ0n) is 12.1. The van der Waals surface area contributed by atoms with Gasteiger partial charge in [-0.1, -0.05) is 34.8 Å². The molecule has 1 aliphatic rings. The Morgan fingerprint density at radius 3 is 2.65 bits per heavy atom. The first-order chi connectivity index (χ1) is 11.1. The van der Waals surface area contributed by atoms with Crippen molar-refractivity contribution in [3.05, 3.63) is 50.2 Å². The van der Waals surface area contributed by atoms with Crippen molar-refractivity contribution in [1.29, 1.82) is 0 Å². The van der Waals surface area contributed by atoms with Crippen LogP contribution < -0.4 is 0 Å². The fourth-order valence-electron chi connectivity index (χ4n) is 2.59. The highest BCUT2D eigenvalue weighted by Crippen LogP contribution is 2.34. The van der Waals surface area contributed by atoms with Gasteiger partial charge in [-0.3, -0.25) is 4.79 Å². The topological polar surface area (TPSA) is 60.7 Å². The number of benzene rings is 1. The lowest BCUT2D eigenvalue weighted by Gasteiger charge is -2.17. The molecule has 0 fully saturated rings. The Bertz CT molecular complexity index is 771. The number of hydrogen-bond acceptors (Lipinski definition) is 4. The SMILES string of the molecule is O=C(C1=C(Cl)CCCC1)c1ccc(Cl)c(Cn2ncnn2)c1Cl. The first kappa shape index (κ1) is 16.4. The highest BCUT2D eigenvalue weighted by atomic mass is 35.5. The number of carbonyl (C=O) groups excluding carboxylic acids is 1. The molecule has 0 amide bonds. The summed E-state index contributed by atoms with van der Waals surface area (Å²) in [5, 5.41) is 12.8. The maximum atomic E-state index is 12.8. The monoisotopic (exact) mass is 370 g/mol. The number of nitrogens with zero attached hydrogens (tertiary/aromatic N) is 4. The molecule has 1 aromatic heterocycles. The molecule has 120 valence electrons. The van der Waals surface area contributed by atoms with Gasteiger partial charge in [0, 0.05) is 26.8 Å². The maximum Gasteiger partial charge on any atom is 0.191 e. The van der Waals surface area contributed by atoms with E-state index in [9.17, 15) is 4.79 Å². The van der Waals surface area contributed by atoms with Crippen molar-refractivity contribution in [2.75, 3.05) is 0 Å². The number of halogens is 3. The van der Waals surface area contributed by atoms with E-state index >= 15 is 0 Å². The van der Waals surface area contributed by atoms with E-state index in [1.165, 1.54) is 11.1 Å². The van der Waals surface area contributed by atoms with Crippen LogP contribution in [0.3, 0.4) is 0 Å². The molecule has 2 aromatic rings. The predicted molar refractivity (Wildman–Crippen MR) is 89.1 cm³/mol. The number of hydrogen-bond donors (Lipinski definition) is 0. The average molecular weight is 372 g/mol. The first-order valence-electron chi connectivity index (χ1n) is 7.18. The van der Waals surface area contributed by atoms with Crippen LogP contribution in [-0.2, 0) is 6.54 Å². The predicted octanol–water partition coefficient (Wildman–Crippen LogP) is 4.28. The van der Waals surface area contributed by atoms with Crippen molar-refractivity contribution in [3.8, 4) is 0 Å². The van der Waals surface area contributed by atoms with Crippen molar-refractivity contribution in [2.24, 2.45) is 0 Å². The van der Waals surface area contributed by atoms with Crippen LogP contribution >= 0.6 is 34.8 Å². The Labute approximate surface area is 148 Å². The molecule has 0 saturated heterocycles. The molecule has 0 radical (unpaired) electrons. The second-order valence-electron chi connectivity index (χ2n) is 5.27. The Morgan fingerprint density at radius 2 is 1.96 bits per heavy atom. The third kappa shape index (κ3) is 3.42. The molecule has 0 atom stereocenters. The molecule has 0 aliphatic heterocycles. The highest BCUT2D eigenvalue weighted by molar-refractivity contribution is 6.39. The third-order valence-electron chi connectivity index (χ3n) is 3.80. The fourth-order valence-corrected chi connectivity index (χ4v) is 3.48. The van der Waals surface area contributed by atoms with Gasteiger partial charge in [-0.2, -0.15) is 4.80 Å². The van der Waals surface area contributed by atoms with E-state index in [0.29, 0.717) is 38.2 Å². The number of ketones is 1. The van der Waals surface area contributed by atoms with Gasteiger partial charge in [0.25, 0.3) is 0 Å². The summed E-state index contributed by atoms with van der Waals surface area (Å²) in [6.45, 7) is 0.242. The number of Topliss-reactive ketones (excluding diaryl/α,β-unsaturated/α-hetero) is 1. The number of allylic oxidation sites excluding steroid dienone is 2. The summed E-state index contributed by atoms with van der Waals surface area (Å²) in [6.07, 6.45) is 4.70. The summed E-state index contributed by atoms with van der Waals surface area (Å²) in [5.74, 6) is -0.135. The van der Waals surface area contributed by atoms with Crippen molar-refractivity contribution >= 4 is 40.6 Å². The Morgan fingerprint density at radius 1 is 1.17 bits per heavy atom. The first-order valence-corrected chi connectivity index (χ1v) is 8.31. The molecule has 0 bridgehead atoms. The molecular weight excluding hydrogens is 359 g/mol. The minimum Gasteiger partial charge on any atom is -0.289 e. The molecule has 1 aromatic carbocycles. The van der Waals surface area contributed by atoms with E-state index in [2.05, 4.69) is 15.4 Å². The van der Waals surface area contributed by atoms with E-state index in [-0.39, 0.29) is 12.3 Å².